The van der Waals surface area contributed by atoms with Gasteiger partial charge in [0.15, 0.2) is 0 Å². The summed E-state index contributed by atoms with van der Waals surface area (Å²) < 4.78 is 5.54. The molecule has 0 bridgehead atoms. The maximum atomic E-state index is 12.8. The maximum Gasteiger partial charge on any atom is 0.337 e. The molecule has 0 aliphatic heterocycles. The van der Waals surface area contributed by atoms with E-state index in [-0.39, 0.29) is 18.9 Å². The van der Waals surface area contributed by atoms with Crippen LogP contribution in [-0.4, -0.2) is 29.2 Å². The topological polar surface area (TPSA) is 89.6 Å². The lowest BCUT2D eigenvalue weighted by molar-refractivity contribution is -0.161. The van der Waals surface area contributed by atoms with Crippen LogP contribution in [0, 0.1) is 0 Å². The molecule has 0 saturated carbocycles. The van der Waals surface area contributed by atoms with Crippen molar-refractivity contribution in [2.24, 2.45) is 5.73 Å². The summed E-state index contributed by atoms with van der Waals surface area (Å²) in [4.78, 5) is 24.7. The van der Waals surface area contributed by atoms with Gasteiger partial charge in [-0.3, -0.25) is 0 Å². The minimum atomic E-state index is -2.00. The van der Waals surface area contributed by atoms with Crippen molar-refractivity contribution in [2.45, 2.75) is 76.2 Å². The Bertz CT molecular complexity index is 880. The molecule has 0 heterocycles. The number of ether oxygens (including phenoxy) is 1. The van der Waals surface area contributed by atoms with Crippen molar-refractivity contribution in [3.63, 3.8) is 0 Å². The zero-order chi connectivity index (χ0) is 23.0. The first-order valence-corrected chi connectivity index (χ1v) is 11.9. The van der Waals surface area contributed by atoms with Crippen LogP contribution in [0.4, 0.5) is 0 Å². The fourth-order valence-corrected chi connectivity index (χ4v) is 4.56. The fraction of sp³-hybridized carbons (Fsp3) is 0.481. The molecule has 3 rings (SSSR count). The number of rotatable bonds is 13. The minimum Gasteiger partial charge on any atom is -0.479 e. The zero-order valence-electron chi connectivity index (χ0n) is 19.0. The number of carboxylic acids is 1. The Labute approximate surface area is 191 Å². The largest absolute Gasteiger partial charge is 0.479 e. The second kappa shape index (κ2) is 11.3. The number of aliphatic carboxylic acids is 1. The average molecular weight is 438 g/mol. The molecule has 3 N–H and O–H groups in total. The smallest absolute Gasteiger partial charge is 0.337 e. The Kier molecular flexibility index (Phi) is 8.46. The minimum absolute atomic E-state index is 0.0799. The highest BCUT2D eigenvalue weighted by molar-refractivity contribution is 6.03. The van der Waals surface area contributed by atoms with E-state index in [1.807, 2.05) is 36.4 Å². The van der Waals surface area contributed by atoms with E-state index < -0.39 is 17.5 Å². The molecule has 0 saturated heterocycles. The van der Waals surface area contributed by atoms with Crippen LogP contribution in [0.25, 0.3) is 11.1 Å². The van der Waals surface area contributed by atoms with Crippen LogP contribution in [0.2, 0.25) is 0 Å². The molecule has 2 aromatic rings. The van der Waals surface area contributed by atoms with Gasteiger partial charge in [0.25, 0.3) is 0 Å². The van der Waals surface area contributed by atoms with E-state index in [1.165, 1.54) is 25.7 Å². The van der Waals surface area contributed by atoms with Crippen LogP contribution in [0.15, 0.2) is 48.5 Å². The summed E-state index contributed by atoms with van der Waals surface area (Å²) in [5.41, 5.74) is 8.49. The number of carboxylic acid groups (broad SMARTS) is 1. The van der Waals surface area contributed by atoms with Gasteiger partial charge in [-0.1, -0.05) is 107 Å². The highest BCUT2D eigenvalue weighted by atomic mass is 16.5. The van der Waals surface area contributed by atoms with Gasteiger partial charge < -0.3 is 15.6 Å². The molecular weight excluding hydrogens is 402 g/mol. The summed E-state index contributed by atoms with van der Waals surface area (Å²) in [5.74, 6) is -2.29. The van der Waals surface area contributed by atoms with Crippen LogP contribution in [0.5, 0.6) is 0 Å². The van der Waals surface area contributed by atoms with Crippen LogP contribution < -0.4 is 5.73 Å². The summed E-state index contributed by atoms with van der Waals surface area (Å²) in [6, 6.07) is 16.1. The summed E-state index contributed by atoms with van der Waals surface area (Å²) in [5, 5.41) is 9.68. The SMILES string of the molecule is CCCCCCCCCCC(N)(C(=O)O)C(=O)OCC1c2ccccc2-c2ccccc21. The van der Waals surface area contributed by atoms with Gasteiger partial charge in [0.2, 0.25) is 5.54 Å². The molecule has 32 heavy (non-hydrogen) atoms. The second-order valence-corrected chi connectivity index (χ2v) is 8.83. The monoisotopic (exact) mass is 437 g/mol. The molecule has 1 aliphatic carbocycles. The lowest BCUT2D eigenvalue weighted by Gasteiger charge is -2.24. The van der Waals surface area contributed by atoms with Crippen LogP contribution in [-0.2, 0) is 14.3 Å². The van der Waals surface area contributed by atoms with Gasteiger partial charge in [-0.05, 0) is 28.7 Å². The molecule has 1 atom stereocenters. The molecule has 0 aromatic heterocycles. The molecule has 5 heteroatoms. The Balaban J connectivity index is 1.57. The van der Waals surface area contributed by atoms with Crippen molar-refractivity contribution in [1.29, 1.82) is 0 Å². The van der Waals surface area contributed by atoms with Crippen molar-refractivity contribution in [1.82, 2.24) is 0 Å². The van der Waals surface area contributed by atoms with Crippen LogP contribution >= 0.6 is 0 Å². The summed E-state index contributed by atoms with van der Waals surface area (Å²) in [7, 11) is 0. The molecule has 0 radical (unpaired) electrons. The number of carbonyl (C=O) groups is 2. The number of esters is 1. The van der Waals surface area contributed by atoms with E-state index >= 15 is 0 Å². The van der Waals surface area contributed by atoms with Crippen molar-refractivity contribution in [2.75, 3.05) is 6.61 Å². The Morgan fingerprint density at radius 3 is 1.91 bits per heavy atom. The zero-order valence-corrected chi connectivity index (χ0v) is 19.0. The Hall–Kier alpha value is -2.66. The molecule has 2 aromatic carbocycles. The van der Waals surface area contributed by atoms with E-state index in [2.05, 4.69) is 19.1 Å². The van der Waals surface area contributed by atoms with Crippen molar-refractivity contribution < 1.29 is 19.4 Å². The number of unbranched alkanes of at least 4 members (excludes halogenated alkanes) is 7. The molecule has 1 aliphatic rings. The average Bonchev–Trinajstić information content (AvgIpc) is 3.12. The summed E-state index contributed by atoms with van der Waals surface area (Å²) >= 11 is 0. The molecule has 172 valence electrons. The van der Waals surface area contributed by atoms with Crippen molar-refractivity contribution in [3.8, 4) is 11.1 Å². The van der Waals surface area contributed by atoms with E-state index in [9.17, 15) is 14.7 Å². The maximum absolute atomic E-state index is 12.8. The van der Waals surface area contributed by atoms with Gasteiger partial charge in [0, 0.05) is 5.92 Å². The summed E-state index contributed by atoms with van der Waals surface area (Å²) in [6.45, 7) is 2.27. The first kappa shape index (κ1) is 24.0. The standard InChI is InChI=1S/C27H35NO4/c1-2-3-4-5-6-7-8-13-18-27(28,25(29)30)26(31)32-19-24-22-16-11-9-14-20(22)21-15-10-12-17-23(21)24/h9-12,14-17,24H,2-8,13,18-19,28H2,1H3,(H,29,30). The quantitative estimate of drug-likeness (QED) is 0.240. The predicted molar refractivity (Wildman–Crippen MR) is 126 cm³/mol. The Morgan fingerprint density at radius 2 is 1.38 bits per heavy atom. The van der Waals surface area contributed by atoms with E-state index in [0.29, 0.717) is 6.42 Å². The van der Waals surface area contributed by atoms with Gasteiger partial charge in [0.1, 0.15) is 6.61 Å². The van der Waals surface area contributed by atoms with Crippen molar-refractivity contribution >= 4 is 11.9 Å². The highest BCUT2D eigenvalue weighted by Gasteiger charge is 2.44. The number of fused-ring (bicyclic) bond motifs is 3. The summed E-state index contributed by atoms with van der Waals surface area (Å²) in [6.07, 6.45) is 8.64. The molecule has 0 spiro atoms. The van der Waals surface area contributed by atoms with E-state index in [4.69, 9.17) is 10.5 Å². The van der Waals surface area contributed by atoms with E-state index in [1.54, 1.807) is 0 Å². The molecule has 5 nitrogen and oxygen atoms in total. The van der Waals surface area contributed by atoms with Crippen LogP contribution in [0.1, 0.15) is 81.8 Å². The lowest BCUT2D eigenvalue weighted by atomic mass is 9.92. The van der Waals surface area contributed by atoms with Gasteiger partial charge in [-0.2, -0.15) is 0 Å². The normalized spacial score (nSPS) is 14.4. The number of hydrogen-bond acceptors (Lipinski definition) is 4. The van der Waals surface area contributed by atoms with Gasteiger partial charge in [-0.15, -0.1) is 0 Å². The van der Waals surface area contributed by atoms with Gasteiger partial charge in [0.05, 0.1) is 0 Å². The number of benzene rings is 2. The van der Waals surface area contributed by atoms with Crippen molar-refractivity contribution in [3.05, 3.63) is 59.7 Å². The third kappa shape index (κ3) is 5.39. The first-order valence-electron chi connectivity index (χ1n) is 11.9. The number of carbonyl (C=O) groups excluding carboxylic acids is 1. The van der Waals surface area contributed by atoms with E-state index in [0.717, 1.165) is 41.5 Å². The van der Waals surface area contributed by atoms with Crippen LogP contribution in [0.3, 0.4) is 0 Å². The highest BCUT2D eigenvalue weighted by Crippen LogP contribution is 2.44. The molecule has 0 fully saturated rings. The third-order valence-corrected chi connectivity index (χ3v) is 6.51. The molecule has 1 unspecified atom stereocenters. The molecule has 0 amide bonds. The van der Waals surface area contributed by atoms with Gasteiger partial charge >= 0.3 is 11.9 Å². The fourth-order valence-electron chi connectivity index (χ4n) is 4.56. The first-order chi connectivity index (χ1) is 15.5. The number of nitrogens with two attached hydrogens (primary N) is 1. The number of hydrogen-bond donors (Lipinski definition) is 2. The van der Waals surface area contributed by atoms with Gasteiger partial charge in [-0.25, -0.2) is 9.59 Å². The molecular formula is C27H35NO4. The second-order valence-electron chi connectivity index (χ2n) is 8.83. The lowest BCUT2D eigenvalue weighted by Crippen LogP contribution is -2.56. The Morgan fingerprint density at radius 1 is 0.875 bits per heavy atom. The third-order valence-electron chi connectivity index (χ3n) is 6.51. The predicted octanol–water partition coefficient (Wildman–Crippen LogP) is 5.66.